The summed E-state index contributed by atoms with van der Waals surface area (Å²) >= 11 is 0. The number of amides is 2. The molecular weight excluding hydrogens is 360 g/mol. The van der Waals surface area contributed by atoms with Gasteiger partial charge in [-0.25, -0.2) is 0 Å². The van der Waals surface area contributed by atoms with Gasteiger partial charge >= 0.3 is 0 Å². The first-order chi connectivity index (χ1) is 13.6. The van der Waals surface area contributed by atoms with Gasteiger partial charge in [-0.05, 0) is 43.3 Å². The van der Waals surface area contributed by atoms with Crippen LogP contribution < -0.4 is 9.64 Å². The van der Waals surface area contributed by atoms with Crippen molar-refractivity contribution < 1.29 is 23.2 Å². The molecule has 3 heterocycles. The molecule has 1 aliphatic heterocycles. The summed E-state index contributed by atoms with van der Waals surface area (Å²) in [5.74, 6) is 2.23. The number of para-hydroxylation sites is 2. The van der Waals surface area contributed by atoms with Gasteiger partial charge in [0, 0.05) is 0 Å². The van der Waals surface area contributed by atoms with Crippen LogP contribution >= 0.6 is 0 Å². The molecular formula is C21H20N2O5. The van der Waals surface area contributed by atoms with Crippen LogP contribution in [-0.4, -0.2) is 29.9 Å². The van der Waals surface area contributed by atoms with Gasteiger partial charge in [-0.1, -0.05) is 12.1 Å². The van der Waals surface area contributed by atoms with E-state index in [1.807, 2.05) is 37.3 Å². The summed E-state index contributed by atoms with van der Waals surface area (Å²) in [6, 6.07) is 14.5. The minimum absolute atomic E-state index is 0.0835. The minimum atomic E-state index is -0.251. The van der Waals surface area contributed by atoms with Crippen LogP contribution in [0.4, 0.5) is 5.69 Å². The summed E-state index contributed by atoms with van der Waals surface area (Å²) in [5.41, 5.74) is 0.596. The zero-order valence-electron chi connectivity index (χ0n) is 15.5. The van der Waals surface area contributed by atoms with E-state index in [1.54, 1.807) is 29.4 Å². The van der Waals surface area contributed by atoms with Crippen molar-refractivity contribution in [1.29, 1.82) is 0 Å². The Morgan fingerprint density at radius 2 is 1.89 bits per heavy atom. The Morgan fingerprint density at radius 1 is 1.07 bits per heavy atom. The second-order valence-electron chi connectivity index (χ2n) is 6.58. The summed E-state index contributed by atoms with van der Waals surface area (Å²) in [5, 5.41) is 0. The largest absolute Gasteiger partial charge is 0.482 e. The Balaban J connectivity index is 1.55. The highest BCUT2D eigenvalue weighted by atomic mass is 16.5. The molecule has 0 N–H and O–H groups in total. The molecule has 7 heteroatoms. The summed E-state index contributed by atoms with van der Waals surface area (Å²) in [6.07, 6.45) is 1.57. The second-order valence-corrected chi connectivity index (χ2v) is 6.58. The lowest BCUT2D eigenvalue weighted by Crippen LogP contribution is -2.46. The van der Waals surface area contributed by atoms with E-state index >= 15 is 0 Å². The number of aryl methyl sites for hydroxylation is 1. The average molecular weight is 380 g/mol. The topological polar surface area (TPSA) is 76.1 Å². The fraction of sp³-hybridized carbons (Fsp3) is 0.238. The number of hydrogen-bond acceptors (Lipinski definition) is 5. The standard InChI is InChI=1S/C21H20N2O5/c1-15-8-9-17(28-15)12-22(11-16-5-4-10-26-16)20(24)13-23-18-6-2-3-7-19(18)27-14-21(23)25/h2-10H,11-14H2,1H3. The zero-order chi connectivity index (χ0) is 19.5. The van der Waals surface area contributed by atoms with Crippen molar-refractivity contribution in [3.8, 4) is 5.75 Å². The smallest absolute Gasteiger partial charge is 0.265 e. The molecule has 0 aliphatic carbocycles. The third kappa shape index (κ3) is 3.78. The normalized spacial score (nSPS) is 13.2. The van der Waals surface area contributed by atoms with E-state index in [9.17, 15) is 9.59 Å². The Bertz CT molecular complexity index is 976. The molecule has 0 unspecified atom stereocenters. The predicted molar refractivity (Wildman–Crippen MR) is 101 cm³/mol. The van der Waals surface area contributed by atoms with Gasteiger partial charge in [0.1, 0.15) is 29.6 Å². The van der Waals surface area contributed by atoms with Crippen LogP contribution in [0.5, 0.6) is 5.75 Å². The summed E-state index contributed by atoms with van der Waals surface area (Å²) in [6.45, 7) is 2.25. The third-order valence-electron chi connectivity index (χ3n) is 4.52. The molecule has 0 radical (unpaired) electrons. The van der Waals surface area contributed by atoms with Crippen molar-refractivity contribution in [2.45, 2.75) is 20.0 Å². The van der Waals surface area contributed by atoms with Crippen LogP contribution in [0.2, 0.25) is 0 Å². The van der Waals surface area contributed by atoms with Gasteiger partial charge in [0.25, 0.3) is 5.91 Å². The van der Waals surface area contributed by atoms with E-state index in [-0.39, 0.29) is 38.1 Å². The Morgan fingerprint density at radius 3 is 2.64 bits per heavy atom. The van der Waals surface area contributed by atoms with Crippen molar-refractivity contribution in [3.05, 3.63) is 72.1 Å². The van der Waals surface area contributed by atoms with E-state index in [4.69, 9.17) is 13.6 Å². The summed E-state index contributed by atoms with van der Waals surface area (Å²) in [4.78, 5) is 28.6. The molecule has 0 bridgehead atoms. The van der Waals surface area contributed by atoms with Crippen molar-refractivity contribution in [1.82, 2.24) is 4.90 Å². The number of rotatable bonds is 6. The molecule has 0 spiro atoms. The fourth-order valence-corrected chi connectivity index (χ4v) is 3.14. The monoisotopic (exact) mass is 380 g/mol. The molecule has 28 heavy (non-hydrogen) atoms. The van der Waals surface area contributed by atoms with Crippen LogP contribution in [0.1, 0.15) is 17.3 Å². The van der Waals surface area contributed by atoms with E-state index in [0.717, 1.165) is 5.76 Å². The summed E-state index contributed by atoms with van der Waals surface area (Å²) < 4.78 is 16.5. The molecule has 0 atom stereocenters. The van der Waals surface area contributed by atoms with Crippen LogP contribution in [-0.2, 0) is 22.7 Å². The van der Waals surface area contributed by atoms with E-state index in [2.05, 4.69) is 0 Å². The molecule has 0 fully saturated rings. The van der Waals surface area contributed by atoms with Gasteiger partial charge in [-0.2, -0.15) is 0 Å². The van der Waals surface area contributed by atoms with Crippen molar-refractivity contribution in [2.24, 2.45) is 0 Å². The maximum atomic E-state index is 13.1. The number of carbonyl (C=O) groups is 2. The lowest BCUT2D eigenvalue weighted by atomic mass is 10.2. The van der Waals surface area contributed by atoms with E-state index in [1.165, 1.54) is 4.90 Å². The number of fused-ring (bicyclic) bond motifs is 1. The van der Waals surface area contributed by atoms with E-state index in [0.29, 0.717) is 23.0 Å². The molecule has 1 aliphatic rings. The first-order valence-corrected chi connectivity index (χ1v) is 8.98. The Hall–Kier alpha value is -3.48. The number of benzene rings is 1. The van der Waals surface area contributed by atoms with Crippen LogP contribution in [0.3, 0.4) is 0 Å². The maximum absolute atomic E-state index is 13.1. The average Bonchev–Trinajstić information content (AvgIpc) is 3.35. The van der Waals surface area contributed by atoms with Gasteiger partial charge < -0.3 is 18.5 Å². The Kier molecular flexibility index (Phi) is 4.89. The van der Waals surface area contributed by atoms with Gasteiger partial charge in [0.2, 0.25) is 5.91 Å². The molecule has 7 nitrogen and oxygen atoms in total. The highest BCUT2D eigenvalue weighted by Gasteiger charge is 2.29. The lowest BCUT2D eigenvalue weighted by Gasteiger charge is -2.30. The SMILES string of the molecule is Cc1ccc(CN(Cc2ccco2)C(=O)CN2C(=O)COc3ccccc32)o1. The Labute approximate surface area is 162 Å². The van der Waals surface area contributed by atoms with Crippen LogP contribution in [0, 0.1) is 6.92 Å². The first-order valence-electron chi connectivity index (χ1n) is 8.98. The quantitative estimate of drug-likeness (QED) is 0.657. The predicted octanol–water partition coefficient (Wildman–Crippen LogP) is 3.14. The molecule has 2 amide bonds. The molecule has 1 aromatic carbocycles. The van der Waals surface area contributed by atoms with Gasteiger partial charge in [-0.3, -0.25) is 14.5 Å². The van der Waals surface area contributed by atoms with Gasteiger partial charge in [0.05, 0.1) is 25.0 Å². The summed E-state index contributed by atoms with van der Waals surface area (Å²) in [7, 11) is 0. The number of carbonyl (C=O) groups excluding carboxylic acids is 2. The maximum Gasteiger partial charge on any atom is 0.265 e. The minimum Gasteiger partial charge on any atom is -0.482 e. The number of ether oxygens (including phenoxy) is 1. The van der Waals surface area contributed by atoms with Crippen molar-refractivity contribution in [2.75, 3.05) is 18.1 Å². The first kappa shape index (κ1) is 17.9. The number of furan rings is 2. The highest BCUT2D eigenvalue weighted by Crippen LogP contribution is 2.31. The van der Waals surface area contributed by atoms with Crippen LogP contribution in [0.15, 0.2) is 63.6 Å². The molecule has 4 rings (SSSR count). The van der Waals surface area contributed by atoms with Gasteiger partial charge in [-0.15, -0.1) is 0 Å². The molecule has 0 saturated heterocycles. The van der Waals surface area contributed by atoms with E-state index < -0.39 is 0 Å². The lowest BCUT2D eigenvalue weighted by molar-refractivity contribution is -0.133. The van der Waals surface area contributed by atoms with Crippen LogP contribution in [0.25, 0.3) is 0 Å². The molecule has 144 valence electrons. The molecule has 0 saturated carbocycles. The van der Waals surface area contributed by atoms with Gasteiger partial charge in [0.15, 0.2) is 6.61 Å². The zero-order valence-corrected chi connectivity index (χ0v) is 15.5. The van der Waals surface area contributed by atoms with Crippen molar-refractivity contribution in [3.63, 3.8) is 0 Å². The highest BCUT2D eigenvalue weighted by molar-refractivity contribution is 6.02. The fourth-order valence-electron chi connectivity index (χ4n) is 3.14. The molecule has 3 aromatic rings. The number of nitrogens with zero attached hydrogens (tertiary/aromatic N) is 2. The second kappa shape index (κ2) is 7.64. The number of anilines is 1. The molecule has 2 aromatic heterocycles. The van der Waals surface area contributed by atoms with Crippen molar-refractivity contribution >= 4 is 17.5 Å². The third-order valence-corrected chi connectivity index (χ3v) is 4.52. The number of hydrogen-bond donors (Lipinski definition) is 0.